The standard InChI is InChI=1S/C15H13BrN6O2S/c1-8-11(25-15(19-8)12-17-4-3-5-18-12)14(24)21-20-13(23)10-6-9(16)7-22(10)2/h3-7H,1-2H3,(H,20,23)(H,21,24). The first kappa shape index (κ1) is 17.2. The van der Waals surface area contributed by atoms with Crippen LogP contribution in [0.3, 0.4) is 0 Å². The first-order valence-electron chi connectivity index (χ1n) is 7.13. The van der Waals surface area contributed by atoms with Gasteiger partial charge in [0.1, 0.15) is 10.6 Å². The van der Waals surface area contributed by atoms with Crippen LogP contribution in [0.4, 0.5) is 0 Å². The molecule has 10 heteroatoms. The summed E-state index contributed by atoms with van der Waals surface area (Å²) >= 11 is 4.46. The van der Waals surface area contributed by atoms with Crippen LogP contribution in [-0.2, 0) is 7.05 Å². The predicted molar refractivity (Wildman–Crippen MR) is 95.9 cm³/mol. The van der Waals surface area contributed by atoms with Gasteiger partial charge in [-0.2, -0.15) is 0 Å². The number of thiazole rings is 1. The number of hydrogen-bond donors (Lipinski definition) is 2. The molecule has 3 heterocycles. The Hall–Kier alpha value is -2.59. The quantitative estimate of drug-likeness (QED) is 0.631. The fourth-order valence-electron chi connectivity index (χ4n) is 2.10. The molecule has 0 aromatic carbocycles. The Morgan fingerprint density at radius 3 is 2.52 bits per heavy atom. The van der Waals surface area contributed by atoms with Crippen molar-refractivity contribution in [2.45, 2.75) is 6.92 Å². The third-order valence-corrected chi connectivity index (χ3v) is 4.84. The summed E-state index contributed by atoms with van der Waals surface area (Å²) in [7, 11) is 1.74. The fraction of sp³-hybridized carbons (Fsp3) is 0.133. The van der Waals surface area contributed by atoms with Crippen molar-refractivity contribution in [1.82, 2.24) is 30.4 Å². The molecule has 3 rings (SSSR count). The van der Waals surface area contributed by atoms with Gasteiger partial charge in [0.25, 0.3) is 11.8 Å². The molecule has 0 bridgehead atoms. The molecule has 25 heavy (non-hydrogen) atoms. The molecule has 0 spiro atoms. The minimum Gasteiger partial charge on any atom is -0.345 e. The number of halogens is 1. The molecule has 0 aliphatic rings. The van der Waals surface area contributed by atoms with Gasteiger partial charge in [0.2, 0.25) is 0 Å². The van der Waals surface area contributed by atoms with E-state index in [1.807, 2.05) is 0 Å². The Morgan fingerprint density at radius 1 is 1.20 bits per heavy atom. The highest BCUT2D eigenvalue weighted by molar-refractivity contribution is 9.10. The molecule has 0 fully saturated rings. The summed E-state index contributed by atoms with van der Waals surface area (Å²) in [6, 6.07) is 3.36. The Morgan fingerprint density at radius 2 is 1.88 bits per heavy atom. The lowest BCUT2D eigenvalue weighted by Gasteiger charge is -2.07. The molecule has 2 amide bonds. The average Bonchev–Trinajstić information content (AvgIpc) is 3.15. The third kappa shape index (κ3) is 3.74. The van der Waals surface area contributed by atoms with Crippen LogP contribution in [0.1, 0.15) is 25.9 Å². The second-order valence-corrected chi connectivity index (χ2v) is 6.98. The Bertz CT molecular complexity index is 937. The van der Waals surface area contributed by atoms with Crippen molar-refractivity contribution in [2.75, 3.05) is 0 Å². The molecule has 0 saturated heterocycles. The predicted octanol–water partition coefficient (Wildman–Crippen LogP) is 2.08. The molecule has 0 radical (unpaired) electrons. The minimum absolute atomic E-state index is 0.385. The van der Waals surface area contributed by atoms with Crippen LogP contribution < -0.4 is 10.9 Å². The molecule has 0 saturated carbocycles. The lowest BCUT2D eigenvalue weighted by molar-refractivity contribution is 0.0843. The number of aromatic nitrogens is 4. The number of rotatable bonds is 3. The zero-order chi connectivity index (χ0) is 18.0. The SMILES string of the molecule is Cc1nc(-c2ncccn2)sc1C(=O)NNC(=O)c1cc(Br)cn1C. The maximum atomic E-state index is 12.3. The monoisotopic (exact) mass is 420 g/mol. The largest absolute Gasteiger partial charge is 0.345 e. The van der Waals surface area contributed by atoms with Crippen LogP contribution in [0.2, 0.25) is 0 Å². The molecule has 3 aromatic rings. The molecule has 8 nitrogen and oxygen atoms in total. The normalized spacial score (nSPS) is 10.5. The summed E-state index contributed by atoms with van der Waals surface area (Å²) in [6.07, 6.45) is 4.96. The fourth-order valence-corrected chi connectivity index (χ4v) is 3.53. The van der Waals surface area contributed by atoms with Crippen molar-refractivity contribution in [3.63, 3.8) is 0 Å². The smallest absolute Gasteiger partial charge is 0.286 e. The van der Waals surface area contributed by atoms with E-state index in [4.69, 9.17) is 0 Å². The van der Waals surface area contributed by atoms with E-state index in [0.29, 0.717) is 27.1 Å². The van der Waals surface area contributed by atoms with Crippen molar-refractivity contribution in [3.05, 3.63) is 51.5 Å². The number of amides is 2. The summed E-state index contributed by atoms with van der Waals surface area (Å²) in [5, 5.41) is 0.543. The maximum Gasteiger partial charge on any atom is 0.286 e. The molecule has 3 aromatic heterocycles. The topological polar surface area (TPSA) is 102 Å². The Kier molecular flexibility index (Phi) is 4.91. The Balaban J connectivity index is 1.71. The third-order valence-electron chi connectivity index (χ3n) is 3.25. The van der Waals surface area contributed by atoms with Crippen molar-refractivity contribution >= 4 is 39.1 Å². The van der Waals surface area contributed by atoms with Gasteiger partial charge in [-0.3, -0.25) is 20.4 Å². The maximum absolute atomic E-state index is 12.3. The van der Waals surface area contributed by atoms with Gasteiger partial charge in [-0.05, 0) is 35.0 Å². The average molecular weight is 421 g/mol. The summed E-state index contributed by atoms with van der Waals surface area (Å²) in [4.78, 5) is 37.4. The van der Waals surface area contributed by atoms with Gasteiger partial charge in [-0.1, -0.05) is 0 Å². The van der Waals surface area contributed by atoms with Gasteiger partial charge in [-0.25, -0.2) is 15.0 Å². The number of carbonyl (C=O) groups is 2. The van der Waals surface area contributed by atoms with Crippen LogP contribution >= 0.6 is 27.3 Å². The molecular weight excluding hydrogens is 408 g/mol. The summed E-state index contributed by atoms with van der Waals surface area (Å²) in [5.74, 6) is -0.415. The van der Waals surface area contributed by atoms with Crippen molar-refractivity contribution in [3.8, 4) is 10.8 Å². The highest BCUT2D eigenvalue weighted by Crippen LogP contribution is 2.24. The van der Waals surface area contributed by atoms with Crippen molar-refractivity contribution in [1.29, 1.82) is 0 Å². The second-order valence-electron chi connectivity index (χ2n) is 5.07. The zero-order valence-electron chi connectivity index (χ0n) is 13.3. The van der Waals surface area contributed by atoms with Crippen LogP contribution in [0.25, 0.3) is 10.8 Å². The van der Waals surface area contributed by atoms with Gasteiger partial charge >= 0.3 is 0 Å². The first-order chi connectivity index (χ1) is 12.0. The van der Waals surface area contributed by atoms with Crippen LogP contribution in [0, 0.1) is 6.92 Å². The van der Waals surface area contributed by atoms with Gasteiger partial charge in [0.15, 0.2) is 10.8 Å². The Labute approximate surface area is 155 Å². The lowest BCUT2D eigenvalue weighted by atomic mass is 10.4. The van der Waals surface area contributed by atoms with Crippen molar-refractivity contribution < 1.29 is 9.59 Å². The lowest BCUT2D eigenvalue weighted by Crippen LogP contribution is -2.42. The van der Waals surface area contributed by atoms with E-state index in [0.717, 1.165) is 15.8 Å². The molecule has 0 aliphatic heterocycles. The highest BCUT2D eigenvalue weighted by Gasteiger charge is 2.19. The van der Waals surface area contributed by atoms with E-state index in [9.17, 15) is 9.59 Å². The zero-order valence-corrected chi connectivity index (χ0v) is 15.7. The van der Waals surface area contributed by atoms with E-state index in [1.165, 1.54) is 0 Å². The van der Waals surface area contributed by atoms with E-state index in [1.54, 1.807) is 49.3 Å². The van der Waals surface area contributed by atoms with Gasteiger partial charge in [-0.15, -0.1) is 11.3 Å². The molecule has 0 unspecified atom stereocenters. The highest BCUT2D eigenvalue weighted by atomic mass is 79.9. The van der Waals surface area contributed by atoms with E-state index >= 15 is 0 Å². The summed E-state index contributed by atoms with van der Waals surface area (Å²) in [5.41, 5.74) is 5.75. The van der Waals surface area contributed by atoms with Gasteiger partial charge in [0, 0.05) is 30.1 Å². The van der Waals surface area contributed by atoms with E-state index in [2.05, 4.69) is 41.7 Å². The summed E-state index contributed by atoms with van der Waals surface area (Å²) < 4.78 is 2.42. The number of carbonyl (C=O) groups excluding carboxylic acids is 2. The molecule has 0 aliphatic carbocycles. The number of nitrogens with zero attached hydrogens (tertiary/aromatic N) is 4. The number of nitrogens with one attached hydrogen (secondary N) is 2. The van der Waals surface area contributed by atoms with Crippen molar-refractivity contribution in [2.24, 2.45) is 7.05 Å². The minimum atomic E-state index is -0.446. The molecule has 2 N–H and O–H groups in total. The number of hydrogen-bond acceptors (Lipinski definition) is 6. The van der Waals surface area contributed by atoms with Crippen LogP contribution in [-0.4, -0.2) is 31.3 Å². The second kappa shape index (κ2) is 7.11. The number of hydrazine groups is 1. The molecular formula is C15H13BrN6O2S. The van der Waals surface area contributed by atoms with Gasteiger partial charge in [0.05, 0.1) is 5.69 Å². The van der Waals surface area contributed by atoms with Crippen LogP contribution in [0.15, 0.2) is 35.2 Å². The van der Waals surface area contributed by atoms with E-state index < -0.39 is 11.8 Å². The summed E-state index contributed by atoms with van der Waals surface area (Å²) in [6.45, 7) is 1.72. The first-order valence-corrected chi connectivity index (χ1v) is 8.74. The van der Waals surface area contributed by atoms with E-state index in [-0.39, 0.29) is 0 Å². The molecule has 128 valence electrons. The van der Waals surface area contributed by atoms with Gasteiger partial charge < -0.3 is 4.57 Å². The number of aryl methyl sites for hydroxylation is 2. The molecule has 0 atom stereocenters. The van der Waals surface area contributed by atoms with Crippen LogP contribution in [0.5, 0.6) is 0 Å².